The lowest BCUT2D eigenvalue weighted by Gasteiger charge is -2.17. The van der Waals surface area contributed by atoms with Crippen LogP contribution in [0.5, 0.6) is 0 Å². The van der Waals surface area contributed by atoms with E-state index in [0.29, 0.717) is 6.07 Å². The summed E-state index contributed by atoms with van der Waals surface area (Å²) in [6, 6.07) is 2.68. The number of benzene rings is 1. The van der Waals surface area contributed by atoms with E-state index in [1.807, 2.05) is 0 Å². The van der Waals surface area contributed by atoms with E-state index in [9.17, 15) is 24.1 Å². The smallest absolute Gasteiger partial charge is 0.305 e. The largest absolute Gasteiger partial charge is 0.421 e. The quantitative estimate of drug-likeness (QED) is 0.359. The lowest BCUT2D eigenvalue weighted by molar-refractivity contribution is -0.385. The van der Waals surface area contributed by atoms with E-state index in [4.69, 9.17) is 0 Å². The Bertz CT molecular complexity index is 514. The van der Waals surface area contributed by atoms with Crippen LogP contribution < -0.4 is 0 Å². The van der Waals surface area contributed by atoms with Crippen LogP contribution in [0, 0.1) is 15.9 Å². The van der Waals surface area contributed by atoms with Crippen molar-refractivity contribution in [1.29, 1.82) is 0 Å². The van der Waals surface area contributed by atoms with Gasteiger partial charge in [-0.25, -0.2) is 4.39 Å². The summed E-state index contributed by atoms with van der Waals surface area (Å²) in [5, 5.41) is 10.5. The lowest BCUT2D eigenvalue weighted by atomic mass is 10.2. The molecule has 0 bridgehead atoms. The summed E-state index contributed by atoms with van der Waals surface area (Å²) in [7, 11) is 0. The molecule has 102 valence electrons. The van der Waals surface area contributed by atoms with E-state index in [-0.39, 0.29) is 5.56 Å². The summed E-state index contributed by atoms with van der Waals surface area (Å²) < 4.78 is 22.9. The van der Waals surface area contributed by atoms with Gasteiger partial charge in [-0.15, -0.1) is 0 Å². The highest BCUT2D eigenvalue weighted by Crippen LogP contribution is 2.25. The Balaban J connectivity index is 3.11. The van der Waals surface area contributed by atoms with Crippen LogP contribution in [0.3, 0.4) is 0 Å². The zero-order chi connectivity index (χ0) is 14.6. The molecule has 1 aromatic rings. The zero-order valence-electron chi connectivity index (χ0n) is 10.1. The molecule has 1 aromatic carbocycles. The average Bonchev–Trinajstić information content (AvgIpc) is 2.26. The first-order valence-corrected chi connectivity index (χ1v) is 5.09. The molecular formula is C11H10FNO6. The fraction of sp³-hybridized carbons (Fsp3) is 0.273. The van der Waals surface area contributed by atoms with Gasteiger partial charge in [0, 0.05) is 19.9 Å². The van der Waals surface area contributed by atoms with Crippen LogP contribution in [0.4, 0.5) is 10.1 Å². The highest BCUT2D eigenvalue weighted by Gasteiger charge is 2.23. The van der Waals surface area contributed by atoms with Crippen LogP contribution in [0.2, 0.25) is 0 Å². The molecule has 0 unspecified atom stereocenters. The molecule has 0 heterocycles. The van der Waals surface area contributed by atoms with Crippen molar-refractivity contribution in [2.45, 2.75) is 20.1 Å². The Morgan fingerprint density at radius 3 is 2.16 bits per heavy atom. The van der Waals surface area contributed by atoms with Crippen LogP contribution >= 0.6 is 0 Å². The Morgan fingerprint density at radius 1 is 1.26 bits per heavy atom. The first-order chi connectivity index (χ1) is 8.81. The van der Waals surface area contributed by atoms with Gasteiger partial charge in [0.15, 0.2) is 0 Å². The molecule has 0 amide bonds. The van der Waals surface area contributed by atoms with E-state index in [1.54, 1.807) is 0 Å². The monoisotopic (exact) mass is 271 g/mol. The Hall–Kier alpha value is -2.51. The number of nitrogens with zero attached hydrogens (tertiary/aromatic N) is 1. The molecular weight excluding hydrogens is 261 g/mol. The normalized spacial score (nSPS) is 10.1. The molecule has 0 aliphatic carbocycles. The van der Waals surface area contributed by atoms with Gasteiger partial charge in [0.05, 0.1) is 16.6 Å². The third kappa shape index (κ3) is 4.02. The summed E-state index contributed by atoms with van der Waals surface area (Å²) in [5.74, 6) is -2.59. The van der Waals surface area contributed by atoms with Crippen molar-refractivity contribution in [1.82, 2.24) is 0 Å². The molecule has 0 atom stereocenters. The minimum absolute atomic E-state index is 0.281. The van der Waals surface area contributed by atoms with Gasteiger partial charge < -0.3 is 9.47 Å². The van der Waals surface area contributed by atoms with Crippen LogP contribution in [0.25, 0.3) is 0 Å². The molecule has 0 aliphatic rings. The topological polar surface area (TPSA) is 95.7 Å². The van der Waals surface area contributed by atoms with Gasteiger partial charge in [-0.1, -0.05) is 0 Å². The van der Waals surface area contributed by atoms with Crippen molar-refractivity contribution in [3.8, 4) is 0 Å². The van der Waals surface area contributed by atoms with E-state index < -0.39 is 34.7 Å². The number of halogens is 1. The first kappa shape index (κ1) is 14.6. The van der Waals surface area contributed by atoms with Gasteiger partial charge in [0.25, 0.3) is 12.0 Å². The van der Waals surface area contributed by atoms with Gasteiger partial charge in [0.2, 0.25) is 0 Å². The summed E-state index contributed by atoms with van der Waals surface area (Å²) in [6.07, 6.45) is -1.57. The second-order valence-electron chi connectivity index (χ2n) is 3.51. The maximum absolute atomic E-state index is 13.7. The van der Waals surface area contributed by atoms with Crippen molar-refractivity contribution in [2.24, 2.45) is 0 Å². The number of nitro groups is 1. The molecule has 0 fully saturated rings. The predicted molar refractivity (Wildman–Crippen MR) is 59.3 cm³/mol. The van der Waals surface area contributed by atoms with Crippen LogP contribution in [-0.4, -0.2) is 16.9 Å². The van der Waals surface area contributed by atoms with Crippen molar-refractivity contribution < 1.29 is 28.4 Å². The number of carbonyl (C=O) groups excluding carboxylic acids is 2. The molecule has 7 nitrogen and oxygen atoms in total. The second-order valence-corrected chi connectivity index (χ2v) is 3.51. The van der Waals surface area contributed by atoms with Crippen LogP contribution in [0.15, 0.2) is 18.2 Å². The number of rotatable bonds is 4. The van der Waals surface area contributed by atoms with E-state index in [2.05, 4.69) is 9.47 Å². The predicted octanol–water partition coefficient (Wildman–Crippen LogP) is 1.86. The first-order valence-electron chi connectivity index (χ1n) is 5.09. The number of non-ortho nitro benzene ring substituents is 1. The molecule has 0 aromatic heterocycles. The Labute approximate surface area is 107 Å². The van der Waals surface area contributed by atoms with Gasteiger partial charge >= 0.3 is 11.9 Å². The van der Waals surface area contributed by atoms with Gasteiger partial charge in [-0.05, 0) is 6.07 Å². The van der Waals surface area contributed by atoms with E-state index >= 15 is 0 Å². The van der Waals surface area contributed by atoms with Crippen molar-refractivity contribution in [2.75, 3.05) is 0 Å². The fourth-order valence-electron chi connectivity index (χ4n) is 1.27. The number of ether oxygens (including phenoxy) is 2. The third-order valence-corrected chi connectivity index (χ3v) is 1.99. The van der Waals surface area contributed by atoms with Crippen molar-refractivity contribution >= 4 is 17.6 Å². The molecule has 0 N–H and O–H groups in total. The summed E-state index contributed by atoms with van der Waals surface area (Å²) in [5.41, 5.74) is -0.748. The number of hydrogen-bond acceptors (Lipinski definition) is 6. The van der Waals surface area contributed by atoms with Crippen LogP contribution in [0.1, 0.15) is 25.7 Å². The molecule has 0 radical (unpaired) electrons. The SMILES string of the molecule is CC(=O)OC(OC(C)=O)c1ccc([N+](=O)[O-])cc1F. The lowest BCUT2D eigenvalue weighted by Crippen LogP contribution is -2.16. The summed E-state index contributed by atoms with van der Waals surface area (Å²) in [4.78, 5) is 31.4. The Morgan fingerprint density at radius 2 is 1.79 bits per heavy atom. The highest BCUT2D eigenvalue weighted by atomic mass is 19.1. The van der Waals surface area contributed by atoms with Gasteiger partial charge in [-0.2, -0.15) is 0 Å². The maximum Gasteiger partial charge on any atom is 0.305 e. The molecule has 8 heteroatoms. The number of hydrogen-bond donors (Lipinski definition) is 0. The van der Waals surface area contributed by atoms with E-state index in [0.717, 1.165) is 26.0 Å². The minimum atomic E-state index is -1.57. The van der Waals surface area contributed by atoms with Crippen molar-refractivity contribution in [3.63, 3.8) is 0 Å². The molecule has 1 rings (SSSR count). The van der Waals surface area contributed by atoms with Crippen LogP contribution in [-0.2, 0) is 19.1 Å². The number of esters is 2. The Kier molecular flexibility index (Phi) is 4.51. The second kappa shape index (κ2) is 5.89. The summed E-state index contributed by atoms with van der Waals surface area (Å²) in [6.45, 7) is 2.11. The molecule has 0 spiro atoms. The standard InChI is InChI=1S/C11H10FNO6/c1-6(14)18-11(19-7(2)15)9-4-3-8(13(16)17)5-10(9)12/h3-5,11H,1-2H3. The van der Waals surface area contributed by atoms with Gasteiger partial charge in [0.1, 0.15) is 5.82 Å². The number of carbonyl (C=O) groups is 2. The maximum atomic E-state index is 13.7. The highest BCUT2D eigenvalue weighted by molar-refractivity contribution is 5.68. The van der Waals surface area contributed by atoms with Gasteiger partial charge in [-0.3, -0.25) is 19.7 Å². The third-order valence-electron chi connectivity index (χ3n) is 1.99. The average molecular weight is 271 g/mol. The zero-order valence-corrected chi connectivity index (χ0v) is 10.1. The fourth-order valence-corrected chi connectivity index (χ4v) is 1.27. The molecule has 0 aliphatic heterocycles. The molecule has 0 saturated carbocycles. The molecule has 0 saturated heterocycles. The summed E-state index contributed by atoms with van der Waals surface area (Å²) >= 11 is 0. The van der Waals surface area contributed by atoms with E-state index in [1.165, 1.54) is 0 Å². The molecule has 19 heavy (non-hydrogen) atoms. The minimum Gasteiger partial charge on any atom is -0.421 e. The number of nitro benzene ring substituents is 1. The van der Waals surface area contributed by atoms with Crippen molar-refractivity contribution in [3.05, 3.63) is 39.7 Å².